The third-order valence-electron chi connectivity index (χ3n) is 2.23. The highest BCUT2D eigenvalue weighted by molar-refractivity contribution is 7.89. The molecule has 1 aromatic carbocycles. The van der Waals surface area contributed by atoms with Gasteiger partial charge in [0, 0.05) is 12.6 Å². The maximum absolute atomic E-state index is 12.9. The lowest BCUT2D eigenvalue weighted by molar-refractivity contribution is 0.565. The van der Waals surface area contributed by atoms with Crippen molar-refractivity contribution in [3.05, 3.63) is 30.1 Å². The van der Waals surface area contributed by atoms with Crippen LogP contribution in [0.1, 0.15) is 19.8 Å². The van der Waals surface area contributed by atoms with Crippen LogP contribution in [0.3, 0.4) is 0 Å². The Kier molecular flexibility index (Phi) is 5.04. The van der Waals surface area contributed by atoms with Crippen LogP contribution in [0.15, 0.2) is 29.2 Å². The van der Waals surface area contributed by atoms with E-state index in [1.54, 1.807) is 0 Å². The maximum atomic E-state index is 12.9. The highest BCUT2D eigenvalue weighted by Crippen LogP contribution is 2.10. The average Bonchev–Trinajstić information content (AvgIpc) is 2.24. The molecule has 0 heterocycles. The van der Waals surface area contributed by atoms with Gasteiger partial charge in [0.05, 0.1) is 4.90 Å². The summed E-state index contributed by atoms with van der Waals surface area (Å²) in [5, 5.41) is 0. The highest BCUT2D eigenvalue weighted by atomic mass is 32.2. The topological polar surface area (TPSA) is 72.2 Å². The summed E-state index contributed by atoms with van der Waals surface area (Å²) in [6, 6.07) is 4.97. The van der Waals surface area contributed by atoms with Crippen LogP contribution < -0.4 is 10.5 Å². The van der Waals surface area contributed by atoms with E-state index >= 15 is 0 Å². The van der Waals surface area contributed by atoms with E-state index in [1.807, 2.05) is 6.92 Å². The molecule has 3 N–H and O–H groups in total. The van der Waals surface area contributed by atoms with E-state index < -0.39 is 15.8 Å². The van der Waals surface area contributed by atoms with Gasteiger partial charge in [0.1, 0.15) is 5.82 Å². The van der Waals surface area contributed by atoms with E-state index in [9.17, 15) is 12.8 Å². The van der Waals surface area contributed by atoms with Crippen molar-refractivity contribution in [2.24, 2.45) is 5.73 Å². The quantitative estimate of drug-likeness (QED) is 0.756. The van der Waals surface area contributed by atoms with Crippen LogP contribution >= 0.6 is 0 Å². The van der Waals surface area contributed by atoms with Gasteiger partial charge in [-0.25, -0.2) is 17.5 Å². The molecule has 0 saturated carbocycles. The molecule has 17 heavy (non-hydrogen) atoms. The third-order valence-corrected chi connectivity index (χ3v) is 3.69. The minimum atomic E-state index is -3.61. The Morgan fingerprint density at radius 2 is 2.18 bits per heavy atom. The van der Waals surface area contributed by atoms with Gasteiger partial charge in [-0.15, -0.1) is 0 Å². The number of rotatable bonds is 6. The largest absolute Gasteiger partial charge is 0.328 e. The molecule has 1 aromatic rings. The maximum Gasteiger partial charge on any atom is 0.240 e. The molecule has 0 aliphatic heterocycles. The molecule has 0 radical (unpaired) electrons. The molecule has 0 bridgehead atoms. The second-order valence-electron chi connectivity index (χ2n) is 3.97. The van der Waals surface area contributed by atoms with Gasteiger partial charge in [0.15, 0.2) is 0 Å². The van der Waals surface area contributed by atoms with Crippen molar-refractivity contribution < 1.29 is 12.8 Å². The lowest BCUT2D eigenvalue weighted by atomic mass is 10.2. The molecule has 96 valence electrons. The second kappa shape index (κ2) is 6.09. The van der Waals surface area contributed by atoms with Crippen molar-refractivity contribution in [1.82, 2.24) is 4.72 Å². The Morgan fingerprint density at radius 1 is 1.47 bits per heavy atom. The molecule has 1 rings (SSSR count). The van der Waals surface area contributed by atoms with Crippen molar-refractivity contribution >= 4 is 10.0 Å². The molecule has 0 aromatic heterocycles. The van der Waals surface area contributed by atoms with Crippen LogP contribution in [0, 0.1) is 5.82 Å². The summed E-state index contributed by atoms with van der Waals surface area (Å²) in [5.74, 6) is -0.566. The zero-order chi connectivity index (χ0) is 12.9. The summed E-state index contributed by atoms with van der Waals surface area (Å²) in [6.45, 7) is 2.17. The Morgan fingerprint density at radius 3 is 2.76 bits per heavy atom. The molecule has 0 amide bonds. The smallest absolute Gasteiger partial charge is 0.240 e. The van der Waals surface area contributed by atoms with Gasteiger partial charge in [0.25, 0.3) is 0 Å². The van der Waals surface area contributed by atoms with Gasteiger partial charge in [-0.05, 0) is 38.0 Å². The third kappa shape index (κ3) is 4.80. The highest BCUT2D eigenvalue weighted by Gasteiger charge is 2.13. The summed E-state index contributed by atoms with van der Waals surface area (Å²) in [6.07, 6.45) is 1.40. The van der Waals surface area contributed by atoms with Gasteiger partial charge in [-0.3, -0.25) is 0 Å². The van der Waals surface area contributed by atoms with E-state index in [-0.39, 0.29) is 10.9 Å². The van der Waals surface area contributed by atoms with Gasteiger partial charge in [-0.2, -0.15) is 0 Å². The molecule has 0 spiro atoms. The number of halogens is 1. The first kappa shape index (κ1) is 14.1. The zero-order valence-electron chi connectivity index (χ0n) is 9.69. The second-order valence-corrected chi connectivity index (χ2v) is 5.74. The standard InChI is InChI=1S/C11H17FN2O2S/c1-9(13)4-3-7-14-17(15,16)11-6-2-5-10(12)8-11/h2,5-6,8-9,14H,3-4,7,13H2,1H3. The monoisotopic (exact) mass is 260 g/mol. The predicted octanol–water partition coefficient (Wildman–Crippen LogP) is 1.23. The first-order valence-electron chi connectivity index (χ1n) is 5.42. The van der Waals surface area contributed by atoms with Crippen LogP contribution in [0.25, 0.3) is 0 Å². The Bertz CT molecular complexity index is 460. The molecule has 6 heteroatoms. The molecule has 1 unspecified atom stereocenters. The molecule has 0 fully saturated rings. The van der Waals surface area contributed by atoms with Crippen LogP contribution in [0.2, 0.25) is 0 Å². The lowest BCUT2D eigenvalue weighted by Crippen LogP contribution is -2.26. The summed E-state index contributed by atoms with van der Waals surface area (Å²) in [7, 11) is -3.61. The minimum Gasteiger partial charge on any atom is -0.328 e. The SMILES string of the molecule is CC(N)CCCNS(=O)(=O)c1cccc(F)c1. The van der Waals surface area contributed by atoms with E-state index in [2.05, 4.69) is 4.72 Å². The average molecular weight is 260 g/mol. The van der Waals surface area contributed by atoms with Gasteiger partial charge in [-0.1, -0.05) is 6.07 Å². The van der Waals surface area contributed by atoms with E-state index in [1.165, 1.54) is 18.2 Å². The molecule has 0 aliphatic carbocycles. The predicted molar refractivity (Wildman–Crippen MR) is 64.5 cm³/mol. The molecule has 0 saturated heterocycles. The number of benzene rings is 1. The molecule has 4 nitrogen and oxygen atoms in total. The van der Waals surface area contributed by atoms with Gasteiger partial charge >= 0.3 is 0 Å². The van der Waals surface area contributed by atoms with Crippen molar-refractivity contribution in [2.45, 2.75) is 30.7 Å². The lowest BCUT2D eigenvalue weighted by Gasteiger charge is -2.08. The van der Waals surface area contributed by atoms with Crippen LogP contribution in [0.5, 0.6) is 0 Å². The van der Waals surface area contributed by atoms with Gasteiger partial charge in [0.2, 0.25) is 10.0 Å². The zero-order valence-corrected chi connectivity index (χ0v) is 10.5. The summed E-state index contributed by atoms with van der Waals surface area (Å²) in [4.78, 5) is -0.0571. The van der Waals surface area contributed by atoms with Gasteiger partial charge < -0.3 is 5.73 Å². The van der Waals surface area contributed by atoms with Crippen LogP contribution in [0.4, 0.5) is 4.39 Å². The Balaban J connectivity index is 2.57. The first-order chi connectivity index (χ1) is 7.92. The van der Waals surface area contributed by atoms with E-state index in [0.29, 0.717) is 13.0 Å². The molecular weight excluding hydrogens is 243 g/mol. The van der Waals surface area contributed by atoms with Crippen molar-refractivity contribution in [1.29, 1.82) is 0 Å². The summed E-state index contributed by atoms with van der Waals surface area (Å²) >= 11 is 0. The number of hydrogen-bond donors (Lipinski definition) is 2. The fourth-order valence-corrected chi connectivity index (χ4v) is 2.45. The normalized spacial score (nSPS) is 13.6. The summed E-state index contributed by atoms with van der Waals surface area (Å²) < 4.78 is 38.7. The molecule has 0 aliphatic rings. The summed E-state index contributed by atoms with van der Waals surface area (Å²) in [5.41, 5.74) is 5.55. The number of sulfonamides is 1. The fourth-order valence-electron chi connectivity index (χ4n) is 1.35. The number of nitrogens with two attached hydrogens (primary N) is 1. The minimum absolute atomic E-state index is 0.0497. The fraction of sp³-hybridized carbons (Fsp3) is 0.455. The molecule has 1 atom stereocenters. The number of nitrogens with one attached hydrogen (secondary N) is 1. The van der Waals surface area contributed by atoms with Crippen LogP contribution in [-0.4, -0.2) is 21.0 Å². The van der Waals surface area contributed by atoms with E-state index in [4.69, 9.17) is 5.73 Å². The Hall–Kier alpha value is -0.980. The Labute approximate surface area is 101 Å². The van der Waals surface area contributed by atoms with Crippen molar-refractivity contribution in [2.75, 3.05) is 6.54 Å². The number of hydrogen-bond acceptors (Lipinski definition) is 3. The van der Waals surface area contributed by atoms with E-state index in [0.717, 1.165) is 12.5 Å². The van der Waals surface area contributed by atoms with Crippen LogP contribution in [-0.2, 0) is 10.0 Å². The molecular formula is C11H17FN2O2S. The van der Waals surface area contributed by atoms with Crippen molar-refractivity contribution in [3.63, 3.8) is 0 Å². The van der Waals surface area contributed by atoms with Crippen molar-refractivity contribution in [3.8, 4) is 0 Å². The first-order valence-corrected chi connectivity index (χ1v) is 6.91.